The van der Waals surface area contributed by atoms with Crippen molar-refractivity contribution in [2.24, 2.45) is 0 Å². The summed E-state index contributed by atoms with van der Waals surface area (Å²) in [5, 5.41) is 9.81. The van der Waals surface area contributed by atoms with Crippen LogP contribution in [0.25, 0.3) is 0 Å². The van der Waals surface area contributed by atoms with Gasteiger partial charge in [-0.1, -0.05) is 6.92 Å². The summed E-state index contributed by atoms with van der Waals surface area (Å²) in [6.07, 6.45) is 2.00. The van der Waals surface area contributed by atoms with Crippen LogP contribution < -0.4 is 16.2 Å². The van der Waals surface area contributed by atoms with Crippen molar-refractivity contribution >= 4 is 11.5 Å². The summed E-state index contributed by atoms with van der Waals surface area (Å²) < 4.78 is 0. The van der Waals surface area contributed by atoms with Crippen molar-refractivity contribution in [3.8, 4) is 0 Å². The molecule has 2 rings (SSSR count). The fourth-order valence-electron chi connectivity index (χ4n) is 1.69. The van der Waals surface area contributed by atoms with Crippen molar-refractivity contribution < 1.29 is 5.11 Å². The second kappa shape index (κ2) is 3.23. The normalized spacial score (nSPS) is 18.7. The third-order valence-corrected chi connectivity index (χ3v) is 2.80. The van der Waals surface area contributed by atoms with Gasteiger partial charge in [-0.2, -0.15) is 0 Å². The van der Waals surface area contributed by atoms with Crippen molar-refractivity contribution in [2.45, 2.75) is 18.9 Å². The van der Waals surface area contributed by atoms with E-state index in [1.807, 2.05) is 6.92 Å². The van der Waals surface area contributed by atoms with Crippen molar-refractivity contribution in [2.75, 3.05) is 23.7 Å². The van der Waals surface area contributed by atoms with Gasteiger partial charge < -0.3 is 20.7 Å². The molecule has 0 amide bonds. The molecule has 0 aromatic carbocycles. The number of nitrogen functional groups attached to an aromatic ring is 1. The summed E-state index contributed by atoms with van der Waals surface area (Å²) in [4.78, 5) is 19.4. The molecule has 1 saturated heterocycles. The fourth-order valence-corrected chi connectivity index (χ4v) is 1.69. The van der Waals surface area contributed by atoms with Crippen molar-refractivity contribution in [3.05, 3.63) is 16.7 Å². The Labute approximate surface area is 86.7 Å². The van der Waals surface area contributed by atoms with E-state index in [0.29, 0.717) is 25.3 Å². The minimum atomic E-state index is -0.656. The second-order valence-electron chi connectivity index (χ2n) is 3.90. The van der Waals surface area contributed by atoms with E-state index in [2.05, 4.69) is 9.97 Å². The van der Waals surface area contributed by atoms with Crippen LogP contribution in [-0.4, -0.2) is 33.8 Å². The first-order chi connectivity index (χ1) is 7.06. The lowest BCUT2D eigenvalue weighted by molar-refractivity contribution is 0.00813. The third kappa shape index (κ3) is 1.56. The number of anilines is 2. The molecule has 1 aromatic heterocycles. The maximum Gasteiger partial charge on any atom is 0.276 e. The van der Waals surface area contributed by atoms with Gasteiger partial charge in [-0.25, -0.2) is 4.98 Å². The van der Waals surface area contributed by atoms with Crippen LogP contribution in [0.15, 0.2) is 11.1 Å². The molecule has 82 valence electrons. The van der Waals surface area contributed by atoms with Gasteiger partial charge in [0.1, 0.15) is 5.69 Å². The van der Waals surface area contributed by atoms with Gasteiger partial charge in [0, 0.05) is 0 Å². The number of nitrogens with zero attached hydrogens (tertiary/aromatic N) is 2. The number of aliphatic hydroxyl groups is 1. The zero-order valence-electron chi connectivity index (χ0n) is 8.53. The van der Waals surface area contributed by atoms with Gasteiger partial charge in [0.05, 0.1) is 25.0 Å². The quantitative estimate of drug-likeness (QED) is 0.600. The highest BCUT2D eigenvalue weighted by molar-refractivity contribution is 5.62. The van der Waals surface area contributed by atoms with E-state index in [4.69, 9.17) is 5.73 Å². The topological polar surface area (TPSA) is 95.2 Å². The van der Waals surface area contributed by atoms with Crippen LogP contribution in [0.4, 0.5) is 11.5 Å². The summed E-state index contributed by atoms with van der Waals surface area (Å²) in [7, 11) is 0. The van der Waals surface area contributed by atoms with E-state index in [9.17, 15) is 9.90 Å². The number of hydrogen-bond acceptors (Lipinski definition) is 5. The Hall–Kier alpha value is -1.56. The van der Waals surface area contributed by atoms with E-state index < -0.39 is 5.60 Å². The molecular formula is C9H14N4O2. The van der Waals surface area contributed by atoms with Crippen LogP contribution in [-0.2, 0) is 0 Å². The zero-order valence-corrected chi connectivity index (χ0v) is 8.53. The van der Waals surface area contributed by atoms with E-state index in [0.717, 1.165) is 0 Å². The minimum Gasteiger partial charge on any atom is -0.391 e. The van der Waals surface area contributed by atoms with E-state index in [-0.39, 0.29) is 11.2 Å². The molecule has 1 aromatic rings. The largest absolute Gasteiger partial charge is 0.391 e. The molecule has 6 nitrogen and oxygen atoms in total. The molecule has 1 aliphatic heterocycles. The van der Waals surface area contributed by atoms with Crippen molar-refractivity contribution in [1.82, 2.24) is 9.97 Å². The zero-order chi connectivity index (χ0) is 11.1. The number of aromatic nitrogens is 2. The number of nitrogens with two attached hydrogens (primary N) is 1. The monoisotopic (exact) mass is 210 g/mol. The molecule has 4 N–H and O–H groups in total. The molecular weight excluding hydrogens is 196 g/mol. The van der Waals surface area contributed by atoms with Gasteiger partial charge in [-0.3, -0.25) is 4.79 Å². The van der Waals surface area contributed by atoms with Crippen molar-refractivity contribution in [1.29, 1.82) is 0 Å². The maximum atomic E-state index is 11.2. The van der Waals surface area contributed by atoms with Crippen LogP contribution >= 0.6 is 0 Å². The summed E-state index contributed by atoms with van der Waals surface area (Å²) >= 11 is 0. The molecule has 2 heterocycles. The van der Waals surface area contributed by atoms with Crippen LogP contribution in [0.1, 0.15) is 13.3 Å². The number of β-amino-alcohol motifs (C(OH)–C–C–N with tert-alkyl or cyclic N) is 1. The molecule has 6 heteroatoms. The highest BCUT2D eigenvalue weighted by atomic mass is 16.3. The summed E-state index contributed by atoms with van der Waals surface area (Å²) in [5.41, 5.74) is 4.70. The Morgan fingerprint density at radius 1 is 1.73 bits per heavy atom. The number of hydrogen-bond donors (Lipinski definition) is 3. The Bertz CT molecular complexity index is 422. The van der Waals surface area contributed by atoms with E-state index >= 15 is 0 Å². The molecule has 0 radical (unpaired) electrons. The number of rotatable bonds is 2. The highest BCUT2D eigenvalue weighted by Crippen LogP contribution is 2.29. The summed E-state index contributed by atoms with van der Waals surface area (Å²) in [6, 6.07) is 0. The average Bonchev–Trinajstić information content (AvgIpc) is 2.18. The lowest BCUT2D eigenvalue weighted by Gasteiger charge is -2.46. The predicted molar refractivity (Wildman–Crippen MR) is 56.7 cm³/mol. The first-order valence-electron chi connectivity index (χ1n) is 4.86. The molecule has 1 aliphatic rings. The summed E-state index contributed by atoms with van der Waals surface area (Å²) in [6.45, 7) is 2.88. The van der Waals surface area contributed by atoms with Crippen LogP contribution in [0.3, 0.4) is 0 Å². The predicted octanol–water partition coefficient (Wildman–Crippen LogP) is -0.687. The molecule has 0 spiro atoms. The average molecular weight is 210 g/mol. The van der Waals surface area contributed by atoms with E-state index in [1.165, 1.54) is 6.33 Å². The molecule has 15 heavy (non-hydrogen) atoms. The number of aromatic amines is 1. The molecule has 0 atom stereocenters. The van der Waals surface area contributed by atoms with Gasteiger partial charge in [-0.15, -0.1) is 0 Å². The molecule has 0 aliphatic carbocycles. The lowest BCUT2D eigenvalue weighted by atomic mass is 9.91. The third-order valence-electron chi connectivity index (χ3n) is 2.80. The molecule has 1 fully saturated rings. The number of H-pyrrole nitrogens is 1. The molecule has 0 saturated carbocycles. The number of nitrogens with one attached hydrogen (secondary N) is 1. The first-order valence-corrected chi connectivity index (χ1v) is 4.86. The Kier molecular flexibility index (Phi) is 2.15. The van der Waals surface area contributed by atoms with E-state index in [1.54, 1.807) is 4.90 Å². The minimum absolute atomic E-state index is 0.107. The first kappa shape index (κ1) is 9.97. The van der Waals surface area contributed by atoms with Gasteiger partial charge in [0.15, 0.2) is 5.82 Å². The van der Waals surface area contributed by atoms with Crippen LogP contribution in [0, 0.1) is 0 Å². The molecule has 0 unspecified atom stereocenters. The highest BCUT2D eigenvalue weighted by Gasteiger charge is 2.40. The van der Waals surface area contributed by atoms with Crippen molar-refractivity contribution in [3.63, 3.8) is 0 Å². The standard InChI is InChI=1S/C9H14N4O2/c1-2-9(15)3-13(4-9)7-6(10)8(14)12-5-11-7/h5,15H,2-4,10H2,1H3,(H,11,12,14). The smallest absolute Gasteiger partial charge is 0.276 e. The Morgan fingerprint density at radius 3 is 3.00 bits per heavy atom. The fraction of sp³-hybridized carbons (Fsp3) is 0.556. The van der Waals surface area contributed by atoms with Gasteiger partial charge in [0.25, 0.3) is 5.56 Å². The Morgan fingerprint density at radius 2 is 2.40 bits per heavy atom. The molecule has 0 bridgehead atoms. The van der Waals surface area contributed by atoms with Gasteiger partial charge in [0.2, 0.25) is 0 Å². The van der Waals surface area contributed by atoms with Gasteiger partial charge in [-0.05, 0) is 6.42 Å². The summed E-state index contributed by atoms with van der Waals surface area (Å²) in [5.74, 6) is 0.455. The van der Waals surface area contributed by atoms with Crippen LogP contribution in [0.5, 0.6) is 0 Å². The van der Waals surface area contributed by atoms with Gasteiger partial charge >= 0.3 is 0 Å². The second-order valence-corrected chi connectivity index (χ2v) is 3.90. The maximum absolute atomic E-state index is 11.2. The lowest BCUT2D eigenvalue weighted by Crippen LogP contribution is -2.62. The Balaban J connectivity index is 2.20. The SMILES string of the molecule is CCC1(O)CN(c2nc[nH]c(=O)c2N)C1. The van der Waals surface area contributed by atoms with Crippen LogP contribution in [0.2, 0.25) is 0 Å².